The van der Waals surface area contributed by atoms with Gasteiger partial charge < -0.3 is 14.8 Å². The van der Waals surface area contributed by atoms with Crippen LogP contribution in [0.15, 0.2) is 71.6 Å². The third-order valence-corrected chi connectivity index (χ3v) is 6.33. The van der Waals surface area contributed by atoms with Crippen LogP contribution >= 0.6 is 0 Å². The molecule has 6 nitrogen and oxygen atoms in total. The summed E-state index contributed by atoms with van der Waals surface area (Å²) in [6.45, 7) is 1.85. The van der Waals surface area contributed by atoms with Gasteiger partial charge in [-0.3, -0.25) is 4.79 Å². The van der Waals surface area contributed by atoms with E-state index in [9.17, 15) is 13.2 Å². The van der Waals surface area contributed by atoms with Gasteiger partial charge in [-0.1, -0.05) is 30.3 Å². The monoisotopic (exact) mass is 425 g/mol. The number of ether oxygens (including phenoxy) is 2. The summed E-state index contributed by atoms with van der Waals surface area (Å²) in [6.07, 6.45) is 0. The second-order valence-electron chi connectivity index (χ2n) is 6.75. The molecule has 0 aliphatic heterocycles. The van der Waals surface area contributed by atoms with Gasteiger partial charge >= 0.3 is 0 Å². The summed E-state index contributed by atoms with van der Waals surface area (Å²) >= 11 is 0. The minimum atomic E-state index is -3.50. The van der Waals surface area contributed by atoms with E-state index in [4.69, 9.17) is 9.47 Å². The lowest BCUT2D eigenvalue weighted by Crippen LogP contribution is -2.14. The number of carbonyl (C=O) groups excluding carboxylic acids is 1. The van der Waals surface area contributed by atoms with Crippen molar-refractivity contribution in [3.05, 3.63) is 83.4 Å². The number of anilines is 1. The zero-order valence-electron chi connectivity index (χ0n) is 17.0. The molecule has 0 atom stereocenters. The Balaban J connectivity index is 1.82. The van der Waals surface area contributed by atoms with Gasteiger partial charge in [0.1, 0.15) is 0 Å². The maximum Gasteiger partial charge on any atom is 0.255 e. The van der Waals surface area contributed by atoms with E-state index in [-0.39, 0.29) is 16.6 Å². The highest BCUT2D eigenvalue weighted by atomic mass is 32.2. The van der Waals surface area contributed by atoms with E-state index >= 15 is 0 Å². The Bertz CT molecular complexity index is 1160. The van der Waals surface area contributed by atoms with Gasteiger partial charge in [0.05, 0.1) is 24.9 Å². The van der Waals surface area contributed by atoms with Gasteiger partial charge in [0.25, 0.3) is 5.91 Å². The zero-order chi connectivity index (χ0) is 21.7. The first kappa shape index (κ1) is 21.4. The Hall–Kier alpha value is -3.32. The number of amides is 1. The topological polar surface area (TPSA) is 81.7 Å². The molecule has 0 aliphatic carbocycles. The van der Waals surface area contributed by atoms with Crippen molar-refractivity contribution in [2.45, 2.75) is 17.6 Å². The lowest BCUT2D eigenvalue weighted by Gasteiger charge is -2.14. The molecule has 156 valence electrons. The molecule has 3 aromatic rings. The molecule has 30 heavy (non-hydrogen) atoms. The fourth-order valence-corrected chi connectivity index (χ4v) is 4.40. The van der Waals surface area contributed by atoms with E-state index < -0.39 is 9.84 Å². The molecule has 0 unspecified atom stereocenters. The van der Waals surface area contributed by atoms with Crippen molar-refractivity contribution in [3.63, 3.8) is 0 Å². The van der Waals surface area contributed by atoms with Crippen molar-refractivity contribution in [3.8, 4) is 11.5 Å². The predicted octanol–water partition coefficient (Wildman–Crippen LogP) is 4.24. The number of methoxy groups -OCH3 is 2. The molecule has 0 radical (unpaired) electrons. The third kappa shape index (κ3) is 4.80. The van der Waals surface area contributed by atoms with Crippen LogP contribution in [-0.4, -0.2) is 28.5 Å². The molecule has 0 bridgehead atoms. The van der Waals surface area contributed by atoms with Crippen molar-refractivity contribution in [2.24, 2.45) is 0 Å². The smallest absolute Gasteiger partial charge is 0.255 e. The number of nitrogens with one attached hydrogen (secondary N) is 1. The van der Waals surface area contributed by atoms with Crippen molar-refractivity contribution >= 4 is 21.4 Å². The van der Waals surface area contributed by atoms with Crippen molar-refractivity contribution < 1.29 is 22.7 Å². The number of aryl methyl sites for hydroxylation is 1. The lowest BCUT2D eigenvalue weighted by molar-refractivity contribution is 0.102. The maximum absolute atomic E-state index is 12.8. The molecule has 1 N–H and O–H groups in total. The van der Waals surface area contributed by atoms with Crippen LogP contribution in [0.5, 0.6) is 11.5 Å². The summed E-state index contributed by atoms with van der Waals surface area (Å²) in [6, 6.07) is 18.3. The van der Waals surface area contributed by atoms with Crippen LogP contribution in [0.3, 0.4) is 0 Å². The number of hydrogen-bond donors (Lipinski definition) is 1. The van der Waals surface area contributed by atoms with Gasteiger partial charge in [-0.15, -0.1) is 0 Å². The maximum atomic E-state index is 12.8. The summed E-state index contributed by atoms with van der Waals surface area (Å²) < 4.78 is 35.8. The average Bonchev–Trinajstić information content (AvgIpc) is 2.75. The Morgan fingerprint density at radius 3 is 2.23 bits per heavy atom. The second-order valence-corrected chi connectivity index (χ2v) is 8.74. The highest BCUT2D eigenvalue weighted by Gasteiger charge is 2.17. The molecule has 0 saturated carbocycles. The minimum absolute atomic E-state index is 0.187. The Morgan fingerprint density at radius 1 is 0.900 bits per heavy atom. The molecule has 0 fully saturated rings. The van der Waals surface area contributed by atoms with Crippen LogP contribution in [0.25, 0.3) is 0 Å². The number of hydrogen-bond acceptors (Lipinski definition) is 5. The number of benzene rings is 3. The quantitative estimate of drug-likeness (QED) is 0.612. The molecule has 0 aliphatic rings. The van der Waals surface area contributed by atoms with Gasteiger partial charge in [0.2, 0.25) is 0 Å². The molecule has 3 rings (SSSR count). The van der Waals surface area contributed by atoms with E-state index in [0.29, 0.717) is 28.3 Å². The highest BCUT2D eigenvalue weighted by molar-refractivity contribution is 7.90. The molecule has 1 amide bonds. The fraction of sp³-hybridized carbons (Fsp3) is 0.174. The Morgan fingerprint density at radius 2 is 1.57 bits per heavy atom. The van der Waals surface area contributed by atoms with Crippen molar-refractivity contribution in [1.82, 2.24) is 0 Å². The van der Waals surface area contributed by atoms with E-state index in [1.165, 1.54) is 7.11 Å². The second kappa shape index (κ2) is 9.00. The summed E-state index contributed by atoms with van der Waals surface area (Å²) in [5, 5.41) is 2.85. The molecular weight excluding hydrogens is 402 g/mol. The Kier molecular flexibility index (Phi) is 6.42. The highest BCUT2D eigenvalue weighted by Crippen LogP contribution is 2.33. The summed E-state index contributed by atoms with van der Waals surface area (Å²) in [5.74, 6) is 0.541. The van der Waals surface area contributed by atoms with Crippen LogP contribution in [0, 0.1) is 6.92 Å². The van der Waals surface area contributed by atoms with Crippen molar-refractivity contribution in [2.75, 3.05) is 19.5 Å². The first-order chi connectivity index (χ1) is 14.3. The van der Waals surface area contributed by atoms with Crippen LogP contribution < -0.4 is 14.8 Å². The van der Waals surface area contributed by atoms with E-state index in [1.54, 1.807) is 73.8 Å². The molecule has 7 heteroatoms. The molecular formula is C23H23NO5S. The minimum Gasteiger partial charge on any atom is -0.493 e. The molecule has 0 saturated heterocycles. The summed E-state index contributed by atoms with van der Waals surface area (Å²) in [5.41, 5.74) is 2.30. The number of rotatable bonds is 7. The van der Waals surface area contributed by atoms with Gasteiger partial charge in [-0.05, 0) is 48.4 Å². The first-order valence-corrected chi connectivity index (χ1v) is 10.9. The number of sulfone groups is 1. The average molecular weight is 426 g/mol. The van der Waals surface area contributed by atoms with Gasteiger partial charge in [-0.25, -0.2) is 8.42 Å². The zero-order valence-corrected chi connectivity index (χ0v) is 17.8. The van der Waals surface area contributed by atoms with Gasteiger partial charge in [0.15, 0.2) is 21.3 Å². The first-order valence-electron chi connectivity index (χ1n) is 9.25. The van der Waals surface area contributed by atoms with E-state index in [2.05, 4.69) is 5.32 Å². The largest absolute Gasteiger partial charge is 0.493 e. The SMILES string of the molecule is COc1cc(C)c(NC(=O)c2cccc(CS(=O)(=O)c3ccccc3)c2)cc1OC. The molecule has 0 heterocycles. The van der Waals surface area contributed by atoms with E-state index in [0.717, 1.165) is 5.56 Å². The molecule has 3 aromatic carbocycles. The van der Waals surface area contributed by atoms with Crippen LogP contribution in [0.2, 0.25) is 0 Å². The van der Waals surface area contributed by atoms with Crippen LogP contribution in [0.1, 0.15) is 21.5 Å². The summed E-state index contributed by atoms with van der Waals surface area (Å²) in [4.78, 5) is 13.0. The van der Waals surface area contributed by atoms with Crippen molar-refractivity contribution in [1.29, 1.82) is 0 Å². The van der Waals surface area contributed by atoms with E-state index in [1.807, 2.05) is 6.92 Å². The summed E-state index contributed by atoms with van der Waals surface area (Å²) in [7, 11) is -0.431. The van der Waals surface area contributed by atoms with Gasteiger partial charge in [0, 0.05) is 17.3 Å². The number of carbonyl (C=O) groups is 1. The fourth-order valence-electron chi connectivity index (χ4n) is 3.04. The Labute approximate surface area is 176 Å². The van der Waals surface area contributed by atoms with Gasteiger partial charge in [-0.2, -0.15) is 0 Å². The third-order valence-electron chi connectivity index (χ3n) is 4.63. The lowest BCUT2D eigenvalue weighted by atomic mass is 10.1. The standard InChI is InChI=1S/C23H23NO5S/c1-16-12-21(28-2)22(29-3)14-20(16)24-23(25)18-9-7-8-17(13-18)15-30(26,27)19-10-5-4-6-11-19/h4-14H,15H2,1-3H3,(H,24,25). The van der Waals surface area contributed by atoms with Crippen LogP contribution in [0.4, 0.5) is 5.69 Å². The predicted molar refractivity (Wildman–Crippen MR) is 116 cm³/mol. The van der Waals surface area contributed by atoms with Crippen LogP contribution in [-0.2, 0) is 15.6 Å². The normalized spacial score (nSPS) is 11.0. The molecule has 0 aromatic heterocycles. The molecule has 0 spiro atoms.